The number of carbonyl (C=O) groups excluding carboxylic acids is 2. The second-order valence-corrected chi connectivity index (χ2v) is 7.61. The van der Waals surface area contributed by atoms with Crippen molar-refractivity contribution in [2.45, 2.75) is 12.6 Å². The van der Waals surface area contributed by atoms with Gasteiger partial charge in [-0.05, 0) is 35.9 Å². The molecule has 1 amide bonds. The first kappa shape index (κ1) is 23.0. The van der Waals surface area contributed by atoms with E-state index < -0.39 is 35.1 Å². The average Bonchev–Trinajstić information content (AvgIpc) is 3.09. The number of halogens is 2. The van der Waals surface area contributed by atoms with E-state index in [1.165, 1.54) is 56.7 Å². The van der Waals surface area contributed by atoms with Crippen molar-refractivity contribution in [3.05, 3.63) is 101 Å². The molecule has 174 valence electrons. The molecule has 0 bridgehead atoms. The monoisotopic (exact) mass is 465 g/mol. The minimum Gasteiger partial charge on any atom is -0.506 e. The first-order valence-corrected chi connectivity index (χ1v) is 10.4. The van der Waals surface area contributed by atoms with Gasteiger partial charge in [0.2, 0.25) is 0 Å². The number of nitrogens with zero attached hydrogens (tertiary/aromatic N) is 1. The maximum atomic E-state index is 14.9. The molecule has 6 nitrogen and oxygen atoms in total. The van der Waals surface area contributed by atoms with E-state index in [0.717, 1.165) is 4.90 Å². The normalized spacial score (nSPS) is 17.2. The van der Waals surface area contributed by atoms with Crippen LogP contribution in [0.25, 0.3) is 5.76 Å². The zero-order chi connectivity index (χ0) is 24.4. The number of carbonyl (C=O) groups is 2. The van der Waals surface area contributed by atoms with Gasteiger partial charge in [-0.2, -0.15) is 0 Å². The molecule has 1 unspecified atom stereocenters. The smallest absolute Gasteiger partial charge is 0.295 e. The Hall–Kier alpha value is -4.20. The number of hydrogen-bond acceptors (Lipinski definition) is 5. The highest BCUT2D eigenvalue weighted by Crippen LogP contribution is 2.44. The number of rotatable bonds is 6. The number of aliphatic hydroxyl groups is 1. The van der Waals surface area contributed by atoms with Gasteiger partial charge >= 0.3 is 0 Å². The summed E-state index contributed by atoms with van der Waals surface area (Å²) in [6.07, 6.45) is 0. The zero-order valence-electron chi connectivity index (χ0n) is 18.4. The lowest BCUT2D eigenvalue weighted by atomic mass is 9.94. The summed E-state index contributed by atoms with van der Waals surface area (Å²) in [5.74, 6) is -3.17. The summed E-state index contributed by atoms with van der Waals surface area (Å²) in [6.45, 7) is -0.107. The molecule has 0 aromatic heterocycles. The molecule has 1 heterocycles. The van der Waals surface area contributed by atoms with E-state index in [4.69, 9.17) is 9.47 Å². The van der Waals surface area contributed by atoms with Crippen molar-refractivity contribution in [3.63, 3.8) is 0 Å². The molecule has 0 aliphatic carbocycles. The minimum absolute atomic E-state index is 0.0271. The Kier molecular flexibility index (Phi) is 6.32. The highest BCUT2D eigenvalue weighted by molar-refractivity contribution is 6.46. The SMILES string of the molecule is COc1cccc(OC)c1/C(O)=C1\C(=O)C(=O)N(Cc2ccc(F)cc2)C1c1ccccc1F. The predicted octanol–water partition coefficient (Wildman–Crippen LogP) is 4.60. The molecule has 3 aromatic carbocycles. The molecule has 1 N–H and O–H groups in total. The van der Waals surface area contributed by atoms with Crippen LogP contribution in [0.2, 0.25) is 0 Å². The Morgan fingerprint density at radius 1 is 0.912 bits per heavy atom. The van der Waals surface area contributed by atoms with Crippen LogP contribution in [0, 0.1) is 11.6 Å². The predicted molar refractivity (Wildman–Crippen MR) is 120 cm³/mol. The van der Waals surface area contributed by atoms with Crippen molar-refractivity contribution >= 4 is 17.4 Å². The molecule has 0 radical (unpaired) electrons. The number of methoxy groups -OCH3 is 2. The number of Topliss-reactive ketones (excluding diaryl/α,β-unsaturated/α-hetero) is 1. The first-order chi connectivity index (χ1) is 16.4. The molecule has 1 atom stereocenters. The number of ketones is 1. The molecule has 8 heteroatoms. The molecular formula is C26H21F2NO5. The van der Waals surface area contributed by atoms with Crippen LogP contribution >= 0.6 is 0 Å². The molecule has 3 aromatic rings. The molecule has 1 saturated heterocycles. The standard InChI is InChI=1S/C26H21F2NO5/c1-33-19-8-5-9-20(34-2)21(19)24(30)22-23(17-6-3-4-7-18(17)28)29(26(32)25(22)31)14-15-10-12-16(27)13-11-15/h3-13,23,30H,14H2,1-2H3/b24-22+. The minimum atomic E-state index is -1.24. The maximum Gasteiger partial charge on any atom is 0.295 e. The van der Waals surface area contributed by atoms with Crippen molar-refractivity contribution in [2.24, 2.45) is 0 Å². The fourth-order valence-corrected chi connectivity index (χ4v) is 4.07. The Morgan fingerprint density at radius 2 is 1.53 bits per heavy atom. The molecule has 0 saturated carbocycles. The van der Waals surface area contributed by atoms with Gasteiger partial charge in [-0.15, -0.1) is 0 Å². The van der Waals surface area contributed by atoms with Gasteiger partial charge in [0, 0.05) is 12.1 Å². The lowest BCUT2D eigenvalue weighted by Gasteiger charge is -2.26. The lowest BCUT2D eigenvalue weighted by molar-refractivity contribution is -0.140. The summed E-state index contributed by atoms with van der Waals surface area (Å²) in [7, 11) is 2.76. The highest BCUT2D eigenvalue weighted by atomic mass is 19.1. The van der Waals surface area contributed by atoms with Crippen LogP contribution in [-0.2, 0) is 16.1 Å². The summed E-state index contributed by atoms with van der Waals surface area (Å²) in [4.78, 5) is 27.4. The summed E-state index contributed by atoms with van der Waals surface area (Å²) in [5, 5.41) is 11.3. The molecule has 1 aliphatic rings. The third-order valence-electron chi connectivity index (χ3n) is 5.67. The Balaban J connectivity index is 1.94. The van der Waals surface area contributed by atoms with E-state index in [1.54, 1.807) is 24.3 Å². The molecular weight excluding hydrogens is 444 g/mol. The van der Waals surface area contributed by atoms with Crippen molar-refractivity contribution in [2.75, 3.05) is 14.2 Å². The van der Waals surface area contributed by atoms with Gasteiger partial charge < -0.3 is 19.5 Å². The van der Waals surface area contributed by atoms with Crippen LogP contribution in [0.5, 0.6) is 11.5 Å². The lowest BCUT2D eigenvalue weighted by Crippen LogP contribution is -2.29. The number of likely N-dealkylation sites (tertiary alicyclic amines) is 1. The van der Waals surface area contributed by atoms with Crippen molar-refractivity contribution in [3.8, 4) is 11.5 Å². The summed E-state index contributed by atoms with van der Waals surface area (Å²) in [5.41, 5.74) is 0.312. The van der Waals surface area contributed by atoms with Crippen LogP contribution in [0.3, 0.4) is 0 Å². The van der Waals surface area contributed by atoms with Gasteiger partial charge in [-0.3, -0.25) is 9.59 Å². The van der Waals surface area contributed by atoms with E-state index in [0.29, 0.717) is 5.56 Å². The van der Waals surface area contributed by atoms with E-state index in [-0.39, 0.29) is 34.7 Å². The third kappa shape index (κ3) is 3.98. The van der Waals surface area contributed by atoms with E-state index in [1.807, 2.05) is 0 Å². The average molecular weight is 465 g/mol. The van der Waals surface area contributed by atoms with E-state index >= 15 is 0 Å². The second kappa shape index (κ2) is 9.35. The topological polar surface area (TPSA) is 76.1 Å². The van der Waals surface area contributed by atoms with Crippen LogP contribution in [0.15, 0.2) is 72.3 Å². The third-order valence-corrected chi connectivity index (χ3v) is 5.67. The largest absolute Gasteiger partial charge is 0.506 e. The zero-order valence-corrected chi connectivity index (χ0v) is 18.4. The Labute approximate surface area is 194 Å². The van der Waals surface area contributed by atoms with Gasteiger partial charge in [0.05, 0.1) is 25.8 Å². The van der Waals surface area contributed by atoms with Crippen LogP contribution < -0.4 is 9.47 Å². The number of hydrogen-bond donors (Lipinski definition) is 1. The molecule has 4 rings (SSSR count). The van der Waals surface area contributed by atoms with Gasteiger partial charge in [-0.1, -0.05) is 36.4 Å². The first-order valence-electron chi connectivity index (χ1n) is 10.4. The molecule has 1 aliphatic heterocycles. The van der Waals surface area contributed by atoms with Crippen LogP contribution in [0.1, 0.15) is 22.7 Å². The number of amides is 1. The highest BCUT2D eigenvalue weighted by Gasteiger charge is 2.47. The fourth-order valence-electron chi connectivity index (χ4n) is 4.07. The summed E-state index contributed by atoms with van der Waals surface area (Å²) in [6, 6.07) is 14.6. The fraction of sp³-hybridized carbons (Fsp3) is 0.154. The van der Waals surface area contributed by atoms with Gasteiger partial charge in [0.15, 0.2) is 0 Å². The number of benzene rings is 3. The molecule has 0 spiro atoms. The van der Waals surface area contributed by atoms with E-state index in [2.05, 4.69) is 0 Å². The summed E-state index contributed by atoms with van der Waals surface area (Å²) >= 11 is 0. The van der Waals surface area contributed by atoms with Gasteiger partial charge in [0.25, 0.3) is 11.7 Å². The van der Waals surface area contributed by atoms with E-state index in [9.17, 15) is 23.5 Å². The van der Waals surface area contributed by atoms with Crippen molar-refractivity contribution in [1.82, 2.24) is 4.90 Å². The Morgan fingerprint density at radius 3 is 2.12 bits per heavy atom. The van der Waals surface area contributed by atoms with Crippen LogP contribution in [0.4, 0.5) is 8.78 Å². The van der Waals surface area contributed by atoms with Crippen molar-refractivity contribution in [1.29, 1.82) is 0 Å². The second-order valence-electron chi connectivity index (χ2n) is 7.61. The van der Waals surface area contributed by atoms with Gasteiger partial charge in [0.1, 0.15) is 34.5 Å². The number of aliphatic hydroxyl groups excluding tert-OH is 1. The summed E-state index contributed by atoms with van der Waals surface area (Å²) < 4.78 is 39.0. The maximum absolute atomic E-state index is 14.9. The Bertz CT molecular complexity index is 1260. The molecule has 34 heavy (non-hydrogen) atoms. The quantitative estimate of drug-likeness (QED) is 0.327. The van der Waals surface area contributed by atoms with Crippen molar-refractivity contribution < 1.29 is 33.0 Å². The molecule has 1 fully saturated rings. The van der Waals surface area contributed by atoms with Crippen LogP contribution in [-0.4, -0.2) is 35.9 Å². The van der Waals surface area contributed by atoms with Gasteiger partial charge in [-0.25, -0.2) is 8.78 Å². The number of ether oxygens (including phenoxy) is 2.